The predicted octanol–water partition coefficient (Wildman–Crippen LogP) is 7.71. The molecule has 2 nitrogen and oxygen atoms in total. The second-order valence-electron chi connectivity index (χ2n) is 6.74. The highest BCUT2D eigenvalue weighted by molar-refractivity contribution is 9.10. The molecule has 4 heteroatoms. The summed E-state index contributed by atoms with van der Waals surface area (Å²) in [4.78, 5) is 4.71. The van der Waals surface area contributed by atoms with E-state index < -0.39 is 0 Å². The van der Waals surface area contributed by atoms with Crippen molar-refractivity contribution in [3.05, 3.63) is 80.0 Å². The molecule has 0 aliphatic rings. The van der Waals surface area contributed by atoms with E-state index in [1.54, 1.807) is 0 Å². The van der Waals surface area contributed by atoms with Gasteiger partial charge in [0.15, 0.2) is 0 Å². The first kappa shape index (κ1) is 20.1. The minimum atomic E-state index is 0.982. The van der Waals surface area contributed by atoms with E-state index in [0.717, 1.165) is 32.3 Å². The predicted molar refractivity (Wildman–Crippen MR) is 123 cm³/mol. The number of aryl methyl sites for hydroxylation is 1. The molecule has 0 N–H and O–H groups in total. The second kappa shape index (κ2) is 9.03. The first-order valence-electron chi connectivity index (χ1n) is 9.27. The van der Waals surface area contributed by atoms with Gasteiger partial charge in [0.25, 0.3) is 0 Å². The van der Waals surface area contributed by atoms with E-state index in [2.05, 4.69) is 106 Å². The maximum absolute atomic E-state index is 4.71. The van der Waals surface area contributed by atoms with Crippen molar-refractivity contribution in [2.75, 3.05) is 0 Å². The number of benzene rings is 2. The second-order valence-corrected chi connectivity index (χ2v) is 8.45. The number of aliphatic imine (C=N–C) groups is 1. The van der Waals surface area contributed by atoms with Gasteiger partial charge in [0, 0.05) is 37.8 Å². The summed E-state index contributed by atoms with van der Waals surface area (Å²) < 4.78 is 4.43. The lowest BCUT2D eigenvalue weighted by Crippen LogP contribution is -1.99. The van der Waals surface area contributed by atoms with E-state index in [9.17, 15) is 0 Å². The van der Waals surface area contributed by atoms with Crippen molar-refractivity contribution in [2.45, 2.75) is 40.0 Å². The van der Waals surface area contributed by atoms with Gasteiger partial charge < -0.3 is 4.57 Å². The summed E-state index contributed by atoms with van der Waals surface area (Å²) in [5.41, 5.74) is 6.97. The number of aromatic nitrogens is 1. The Labute approximate surface area is 178 Å². The lowest BCUT2D eigenvalue weighted by atomic mass is 10.1. The Hall–Kier alpha value is -1.65. The highest BCUT2D eigenvalue weighted by Gasteiger charge is 2.15. The van der Waals surface area contributed by atoms with Crippen LogP contribution in [0.1, 0.15) is 42.3 Å². The molecule has 0 saturated heterocycles. The van der Waals surface area contributed by atoms with Crippen LogP contribution < -0.4 is 0 Å². The summed E-state index contributed by atoms with van der Waals surface area (Å²) in [6.07, 6.45) is 5.56. The number of rotatable bonds is 6. The Morgan fingerprint density at radius 2 is 1.59 bits per heavy atom. The fourth-order valence-corrected chi connectivity index (χ4v) is 4.05. The Morgan fingerprint density at radius 1 is 0.926 bits per heavy atom. The van der Waals surface area contributed by atoms with Gasteiger partial charge in [-0.2, -0.15) is 0 Å². The minimum Gasteiger partial charge on any atom is -0.317 e. The van der Waals surface area contributed by atoms with Crippen molar-refractivity contribution in [3.63, 3.8) is 0 Å². The summed E-state index contributed by atoms with van der Waals surface area (Å²) in [5.74, 6) is 0. The molecule has 3 rings (SSSR count). The maximum atomic E-state index is 4.71. The monoisotopic (exact) mass is 486 g/mol. The summed E-state index contributed by atoms with van der Waals surface area (Å²) >= 11 is 7.26. The average Bonchev–Trinajstić information content (AvgIpc) is 2.89. The van der Waals surface area contributed by atoms with Crippen LogP contribution in [0.2, 0.25) is 0 Å². The van der Waals surface area contributed by atoms with E-state index in [-0.39, 0.29) is 0 Å². The third-order valence-electron chi connectivity index (χ3n) is 4.80. The number of halogens is 2. The van der Waals surface area contributed by atoms with Crippen LogP contribution in [-0.2, 0) is 6.42 Å². The molecule has 0 spiro atoms. The van der Waals surface area contributed by atoms with Crippen LogP contribution in [0.15, 0.2) is 62.5 Å². The quantitative estimate of drug-likeness (QED) is 0.316. The summed E-state index contributed by atoms with van der Waals surface area (Å²) in [7, 11) is 0. The van der Waals surface area contributed by atoms with E-state index in [0.29, 0.717) is 0 Å². The van der Waals surface area contributed by atoms with Crippen LogP contribution >= 0.6 is 31.9 Å². The SMILES string of the molecule is CCCCc1ccc(N=Cc2c(Br)c(C)n(-c3ccc(Br)cc3)c2C)cc1. The lowest BCUT2D eigenvalue weighted by Gasteiger charge is -2.09. The van der Waals surface area contributed by atoms with Crippen molar-refractivity contribution in [1.82, 2.24) is 4.57 Å². The molecule has 2 aromatic carbocycles. The summed E-state index contributed by atoms with van der Waals surface area (Å²) in [6.45, 7) is 6.48. The molecule has 0 bridgehead atoms. The number of hydrogen-bond acceptors (Lipinski definition) is 1. The van der Waals surface area contributed by atoms with E-state index in [1.165, 1.54) is 29.8 Å². The van der Waals surface area contributed by atoms with Crippen LogP contribution in [0.5, 0.6) is 0 Å². The topological polar surface area (TPSA) is 17.3 Å². The molecule has 140 valence electrons. The van der Waals surface area contributed by atoms with Gasteiger partial charge in [-0.25, -0.2) is 0 Å². The molecule has 1 heterocycles. The molecule has 0 aliphatic carbocycles. The zero-order chi connectivity index (χ0) is 19.4. The van der Waals surface area contributed by atoms with Crippen LogP contribution in [0.4, 0.5) is 5.69 Å². The summed E-state index contributed by atoms with van der Waals surface area (Å²) in [6, 6.07) is 16.9. The van der Waals surface area contributed by atoms with Gasteiger partial charge in [0.2, 0.25) is 0 Å². The van der Waals surface area contributed by atoms with Crippen molar-refractivity contribution in [3.8, 4) is 5.69 Å². The fraction of sp³-hybridized carbons (Fsp3) is 0.261. The van der Waals surface area contributed by atoms with Crippen LogP contribution in [0.25, 0.3) is 5.69 Å². The van der Waals surface area contributed by atoms with Crippen molar-refractivity contribution < 1.29 is 0 Å². The fourth-order valence-electron chi connectivity index (χ4n) is 3.22. The molecule has 0 saturated carbocycles. The lowest BCUT2D eigenvalue weighted by molar-refractivity contribution is 0.795. The van der Waals surface area contributed by atoms with Gasteiger partial charge in [0.05, 0.1) is 5.69 Å². The first-order chi connectivity index (χ1) is 13.0. The van der Waals surface area contributed by atoms with Gasteiger partial charge in [-0.05, 0) is 84.6 Å². The van der Waals surface area contributed by atoms with Gasteiger partial charge in [-0.15, -0.1) is 0 Å². The summed E-state index contributed by atoms with van der Waals surface area (Å²) in [5, 5.41) is 0. The zero-order valence-electron chi connectivity index (χ0n) is 16.0. The minimum absolute atomic E-state index is 0.982. The smallest absolute Gasteiger partial charge is 0.0630 e. The van der Waals surface area contributed by atoms with Gasteiger partial charge in [0.1, 0.15) is 0 Å². The Morgan fingerprint density at radius 3 is 2.22 bits per heavy atom. The number of nitrogens with zero attached hydrogens (tertiary/aromatic N) is 2. The van der Waals surface area contributed by atoms with E-state index in [1.807, 2.05) is 6.21 Å². The molecule has 0 aliphatic heterocycles. The van der Waals surface area contributed by atoms with Crippen molar-refractivity contribution in [2.24, 2.45) is 4.99 Å². The van der Waals surface area contributed by atoms with Gasteiger partial charge >= 0.3 is 0 Å². The highest BCUT2D eigenvalue weighted by atomic mass is 79.9. The largest absolute Gasteiger partial charge is 0.317 e. The average molecular weight is 488 g/mol. The van der Waals surface area contributed by atoms with Crippen LogP contribution in [0.3, 0.4) is 0 Å². The van der Waals surface area contributed by atoms with Crippen molar-refractivity contribution in [1.29, 1.82) is 0 Å². The molecule has 0 atom stereocenters. The zero-order valence-corrected chi connectivity index (χ0v) is 19.1. The molecular weight excluding hydrogens is 464 g/mol. The Bertz CT molecular complexity index is 936. The first-order valence-corrected chi connectivity index (χ1v) is 10.9. The molecular formula is C23H24Br2N2. The molecule has 0 radical (unpaired) electrons. The molecule has 0 unspecified atom stereocenters. The van der Waals surface area contributed by atoms with Crippen molar-refractivity contribution >= 4 is 43.8 Å². The Balaban J connectivity index is 1.88. The number of hydrogen-bond donors (Lipinski definition) is 0. The normalized spacial score (nSPS) is 11.4. The maximum Gasteiger partial charge on any atom is 0.0630 e. The third kappa shape index (κ3) is 4.61. The molecule has 1 aromatic heterocycles. The Kier molecular flexibility index (Phi) is 6.72. The van der Waals surface area contributed by atoms with Crippen LogP contribution in [-0.4, -0.2) is 10.8 Å². The van der Waals surface area contributed by atoms with E-state index in [4.69, 9.17) is 4.99 Å². The molecule has 3 aromatic rings. The highest BCUT2D eigenvalue weighted by Crippen LogP contribution is 2.30. The molecule has 0 amide bonds. The van der Waals surface area contributed by atoms with Gasteiger partial charge in [-0.3, -0.25) is 4.99 Å². The molecule has 0 fully saturated rings. The van der Waals surface area contributed by atoms with E-state index >= 15 is 0 Å². The third-order valence-corrected chi connectivity index (χ3v) is 6.33. The molecule has 27 heavy (non-hydrogen) atoms. The van der Waals surface area contributed by atoms with Gasteiger partial charge in [-0.1, -0.05) is 41.4 Å². The number of unbranched alkanes of at least 4 members (excludes halogenated alkanes) is 1. The van der Waals surface area contributed by atoms with Crippen LogP contribution in [0, 0.1) is 13.8 Å². The standard InChI is InChI=1S/C23H24Br2N2/c1-4-5-6-18-7-11-20(12-8-18)26-15-22-16(2)27(17(3)23(22)25)21-13-9-19(24)10-14-21/h7-15H,4-6H2,1-3H3.